The predicted octanol–water partition coefficient (Wildman–Crippen LogP) is 3.36. The Morgan fingerprint density at radius 1 is 1.13 bits per heavy atom. The fourth-order valence-corrected chi connectivity index (χ4v) is 4.61. The minimum absolute atomic E-state index is 0.0528. The lowest BCUT2D eigenvalue weighted by atomic mass is 9.87. The van der Waals surface area contributed by atoms with Crippen molar-refractivity contribution in [3.05, 3.63) is 39.9 Å². The standard InChI is InChI=1S/C24H31N3O4/c1-16-7-10-18(11-8-16)25-22(28)15-31-24(30)17-9-12-19-20(14-17)26-21-6-4-2-3-5-13-27(21)23(19)29/h9,12,14,16,18H,2-8,10-11,13,15H2,1H3,(H,25,28). The van der Waals surface area contributed by atoms with Gasteiger partial charge in [-0.15, -0.1) is 0 Å². The Morgan fingerprint density at radius 2 is 1.90 bits per heavy atom. The van der Waals surface area contributed by atoms with Crippen LogP contribution in [0, 0.1) is 5.92 Å². The summed E-state index contributed by atoms with van der Waals surface area (Å²) < 4.78 is 6.99. The molecule has 166 valence electrons. The van der Waals surface area contributed by atoms with Gasteiger partial charge in [0.15, 0.2) is 6.61 Å². The third-order valence-corrected chi connectivity index (χ3v) is 6.52. The van der Waals surface area contributed by atoms with Gasteiger partial charge >= 0.3 is 5.97 Å². The Labute approximate surface area is 182 Å². The van der Waals surface area contributed by atoms with E-state index < -0.39 is 5.97 Å². The molecule has 1 aromatic heterocycles. The smallest absolute Gasteiger partial charge is 0.338 e. The van der Waals surface area contributed by atoms with Crippen LogP contribution in [0.4, 0.5) is 0 Å². The van der Waals surface area contributed by atoms with Crippen LogP contribution < -0.4 is 10.9 Å². The number of nitrogens with one attached hydrogen (secondary N) is 1. The molecule has 1 amide bonds. The minimum Gasteiger partial charge on any atom is -0.452 e. The first-order valence-electron chi connectivity index (χ1n) is 11.5. The van der Waals surface area contributed by atoms with Gasteiger partial charge < -0.3 is 10.1 Å². The number of ether oxygens (including phenoxy) is 1. The summed E-state index contributed by atoms with van der Waals surface area (Å²) in [5.41, 5.74) is 0.754. The first kappa shape index (κ1) is 21.5. The minimum atomic E-state index is -0.581. The number of rotatable bonds is 4. The molecule has 7 nitrogen and oxygen atoms in total. The Balaban J connectivity index is 1.42. The lowest BCUT2D eigenvalue weighted by Gasteiger charge is -2.26. The maximum atomic E-state index is 12.9. The summed E-state index contributed by atoms with van der Waals surface area (Å²) in [5, 5.41) is 3.46. The molecular formula is C24H31N3O4. The van der Waals surface area contributed by atoms with E-state index in [1.54, 1.807) is 22.8 Å². The number of amides is 1. The van der Waals surface area contributed by atoms with Crippen LogP contribution in [-0.2, 0) is 22.5 Å². The number of hydrogen-bond donors (Lipinski definition) is 1. The fraction of sp³-hybridized carbons (Fsp3) is 0.583. The fourth-order valence-electron chi connectivity index (χ4n) is 4.61. The van der Waals surface area contributed by atoms with E-state index in [0.29, 0.717) is 28.9 Å². The molecule has 4 rings (SSSR count). The maximum Gasteiger partial charge on any atom is 0.338 e. The first-order valence-corrected chi connectivity index (χ1v) is 11.5. The van der Waals surface area contributed by atoms with E-state index in [4.69, 9.17) is 4.74 Å². The van der Waals surface area contributed by atoms with E-state index in [2.05, 4.69) is 17.2 Å². The van der Waals surface area contributed by atoms with Gasteiger partial charge in [0.25, 0.3) is 11.5 Å². The number of nitrogens with zero attached hydrogens (tertiary/aromatic N) is 2. The number of carbonyl (C=O) groups is 2. The summed E-state index contributed by atoms with van der Waals surface area (Å²) in [6.45, 7) is 2.62. The summed E-state index contributed by atoms with van der Waals surface area (Å²) in [5.74, 6) is 0.637. The average Bonchev–Trinajstić information content (AvgIpc) is 2.75. The van der Waals surface area contributed by atoms with Crippen molar-refractivity contribution < 1.29 is 14.3 Å². The lowest BCUT2D eigenvalue weighted by molar-refractivity contribution is -0.125. The van der Waals surface area contributed by atoms with Crippen LogP contribution in [0.1, 0.15) is 74.5 Å². The van der Waals surface area contributed by atoms with Crippen LogP contribution in [0.5, 0.6) is 0 Å². The molecule has 1 aliphatic heterocycles. The van der Waals surface area contributed by atoms with Crippen molar-refractivity contribution in [3.63, 3.8) is 0 Å². The predicted molar refractivity (Wildman–Crippen MR) is 118 cm³/mol. The quantitative estimate of drug-likeness (QED) is 0.759. The van der Waals surface area contributed by atoms with Gasteiger partial charge in [-0.2, -0.15) is 0 Å². The van der Waals surface area contributed by atoms with Crippen molar-refractivity contribution in [1.29, 1.82) is 0 Å². The molecule has 0 spiro atoms. The second-order valence-electron chi connectivity index (χ2n) is 8.98. The molecule has 2 aromatic rings. The summed E-state index contributed by atoms with van der Waals surface area (Å²) in [6.07, 6.45) is 9.18. The van der Waals surface area contributed by atoms with Crippen LogP contribution in [0.3, 0.4) is 0 Å². The molecule has 1 saturated carbocycles. The summed E-state index contributed by atoms with van der Waals surface area (Å²) in [4.78, 5) is 42.2. The van der Waals surface area contributed by atoms with Gasteiger partial charge in [-0.25, -0.2) is 9.78 Å². The van der Waals surface area contributed by atoms with Gasteiger partial charge in [-0.3, -0.25) is 14.2 Å². The molecule has 0 saturated heterocycles. The highest BCUT2D eigenvalue weighted by molar-refractivity contribution is 5.95. The van der Waals surface area contributed by atoms with Crippen molar-refractivity contribution in [2.45, 2.75) is 77.3 Å². The van der Waals surface area contributed by atoms with Crippen molar-refractivity contribution >= 4 is 22.8 Å². The van der Waals surface area contributed by atoms with E-state index in [-0.39, 0.29) is 24.1 Å². The second kappa shape index (κ2) is 9.62. The molecule has 1 aliphatic carbocycles. The third kappa shape index (κ3) is 5.14. The zero-order valence-electron chi connectivity index (χ0n) is 18.2. The third-order valence-electron chi connectivity index (χ3n) is 6.52. The Morgan fingerprint density at radius 3 is 2.71 bits per heavy atom. The van der Waals surface area contributed by atoms with E-state index >= 15 is 0 Å². The van der Waals surface area contributed by atoms with Gasteiger partial charge in [0.1, 0.15) is 5.82 Å². The molecule has 0 bridgehead atoms. The van der Waals surface area contributed by atoms with Crippen LogP contribution in [-0.4, -0.2) is 34.1 Å². The Hall–Kier alpha value is -2.70. The summed E-state index contributed by atoms with van der Waals surface area (Å²) in [6, 6.07) is 4.97. The molecule has 1 N–H and O–H groups in total. The Kier molecular flexibility index (Phi) is 6.68. The van der Waals surface area contributed by atoms with Gasteiger partial charge in [-0.1, -0.05) is 19.8 Å². The molecule has 0 radical (unpaired) electrons. The topological polar surface area (TPSA) is 90.3 Å². The molecule has 2 aliphatic rings. The molecule has 1 aromatic carbocycles. The van der Waals surface area contributed by atoms with Crippen molar-refractivity contribution in [3.8, 4) is 0 Å². The monoisotopic (exact) mass is 425 g/mol. The van der Waals surface area contributed by atoms with Gasteiger partial charge in [-0.05, 0) is 62.6 Å². The Bertz CT molecular complexity index is 1020. The zero-order chi connectivity index (χ0) is 21.8. The normalized spacial score (nSPS) is 21.6. The van der Waals surface area contributed by atoms with Crippen LogP contribution in [0.2, 0.25) is 0 Å². The SMILES string of the molecule is CC1CCC(NC(=O)COC(=O)c2ccc3c(=O)n4c(nc3c2)CCCCCC4)CC1. The maximum absolute atomic E-state index is 12.9. The van der Waals surface area contributed by atoms with Crippen molar-refractivity contribution in [1.82, 2.24) is 14.9 Å². The first-order chi connectivity index (χ1) is 15.0. The van der Waals surface area contributed by atoms with E-state index in [1.165, 1.54) is 0 Å². The molecule has 1 fully saturated rings. The molecule has 0 unspecified atom stereocenters. The van der Waals surface area contributed by atoms with Crippen molar-refractivity contribution in [2.24, 2.45) is 5.92 Å². The molecule has 0 atom stereocenters. The van der Waals surface area contributed by atoms with Gasteiger partial charge in [0, 0.05) is 19.0 Å². The van der Waals surface area contributed by atoms with Gasteiger partial charge in [0.2, 0.25) is 0 Å². The number of fused-ring (bicyclic) bond motifs is 2. The molecule has 2 heterocycles. The average molecular weight is 426 g/mol. The van der Waals surface area contributed by atoms with E-state index in [9.17, 15) is 14.4 Å². The molecule has 31 heavy (non-hydrogen) atoms. The molecule has 7 heteroatoms. The van der Waals surface area contributed by atoms with Gasteiger partial charge in [0.05, 0.1) is 16.5 Å². The number of benzene rings is 1. The highest BCUT2D eigenvalue weighted by Crippen LogP contribution is 2.23. The number of esters is 1. The van der Waals surface area contributed by atoms with Crippen LogP contribution in [0.25, 0.3) is 10.9 Å². The van der Waals surface area contributed by atoms with Crippen LogP contribution >= 0.6 is 0 Å². The van der Waals surface area contributed by atoms with Crippen molar-refractivity contribution in [2.75, 3.05) is 6.61 Å². The lowest BCUT2D eigenvalue weighted by Crippen LogP contribution is -2.39. The van der Waals surface area contributed by atoms with E-state index in [0.717, 1.165) is 63.6 Å². The number of carbonyl (C=O) groups excluding carboxylic acids is 2. The summed E-state index contributed by atoms with van der Waals surface area (Å²) in [7, 11) is 0. The molecular weight excluding hydrogens is 394 g/mol. The number of hydrogen-bond acceptors (Lipinski definition) is 5. The highest BCUT2D eigenvalue weighted by Gasteiger charge is 2.21. The summed E-state index contributed by atoms with van der Waals surface area (Å²) >= 11 is 0. The zero-order valence-corrected chi connectivity index (χ0v) is 18.2. The largest absolute Gasteiger partial charge is 0.452 e. The number of aromatic nitrogens is 2. The highest BCUT2D eigenvalue weighted by atomic mass is 16.5. The second-order valence-corrected chi connectivity index (χ2v) is 8.98. The van der Waals surface area contributed by atoms with E-state index in [1.807, 2.05) is 0 Å². The number of aryl methyl sites for hydroxylation is 1. The van der Waals surface area contributed by atoms with Crippen LogP contribution in [0.15, 0.2) is 23.0 Å².